The van der Waals surface area contributed by atoms with Crippen molar-refractivity contribution < 1.29 is 9.53 Å². The molecule has 3 heterocycles. The van der Waals surface area contributed by atoms with Crippen LogP contribution in [0.5, 0.6) is 5.88 Å². The van der Waals surface area contributed by atoms with Gasteiger partial charge in [0.15, 0.2) is 0 Å². The summed E-state index contributed by atoms with van der Waals surface area (Å²) in [5.74, 6) is 0.198. The van der Waals surface area contributed by atoms with Gasteiger partial charge in [-0.1, -0.05) is 0 Å². The first-order valence-electron chi connectivity index (χ1n) is 6.76. The topological polar surface area (TPSA) is 92.0 Å². The molecule has 7 nitrogen and oxygen atoms in total. The van der Waals surface area contributed by atoms with Gasteiger partial charge in [0, 0.05) is 25.4 Å². The number of hydrogen-bond acceptors (Lipinski definition) is 7. The number of aryl methyl sites for hydroxylation is 1. The highest BCUT2D eigenvalue weighted by Gasteiger charge is 2.30. The highest BCUT2D eigenvalue weighted by molar-refractivity contribution is 7.11. The molecule has 1 fully saturated rings. The van der Waals surface area contributed by atoms with Crippen LogP contribution in [0.1, 0.15) is 27.5 Å². The summed E-state index contributed by atoms with van der Waals surface area (Å²) >= 11 is 1.35. The molecular formula is C14H13N5O2S. The number of hydrogen-bond donors (Lipinski definition) is 0. The number of likely N-dealkylation sites (tertiary alicyclic amines) is 1. The van der Waals surface area contributed by atoms with Crippen LogP contribution in [0.4, 0.5) is 0 Å². The molecule has 0 spiro atoms. The van der Waals surface area contributed by atoms with E-state index in [2.05, 4.69) is 15.0 Å². The van der Waals surface area contributed by atoms with Crippen LogP contribution in [0.2, 0.25) is 0 Å². The number of carbonyl (C=O) groups excluding carboxylic acids is 1. The minimum atomic E-state index is -0.180. The molecule has 0 unspecified atom stereocenters. The summed E-state index contributed by atoms with van der Waals surface area (Å²) in [6.07, 6.45) is 3.45. The van der Waals surface area contributed by atoms with E-state index in [-0.39, 0.29) is 23.6 Å². The second-order valence-electron chi connectivity index (χ2n) is 4.87. The van der Waals surface area contributed by atoms with Gasteiger partial charge < -0.3 is 9.64 Å². The molecule has 1 atom stereocenters. The molecule has 112 valence electrons. The Morgan fingerprint density at radius 3 is 3.00 bits per heavy atom. The number of amides is 1. The van der Waals surface area contributed by atoms with Crippen molar-refractivity contribution in [3.63, 3.8) is 0 Å². The van der Waals surface area contributed by atoms with Gasteiger partial charge in [0.2, 0.25) is 5.69 Å². The molecule has 0 radical (unpaired) electrons. The molecule has 0 bridgehead atoms. The Morgan fingerprint density at radius 2 is 2.27 bits per heavy atom. The number of rotatable bonds is 3. The van der Waals surface area contributed by atoms with Crippen molar-refractivity contribution in [3.05, 3.63) is 34.2 Å². The summed E-state index contributed by atoms with van der Waals surface area (Å²) in [5, 5.41) is 8.99. The van der Waals surface area contributed by atoms with Crippen LogP contribution >= 0.6 is 11.3 Å². The smallest absolute Gasteiger partial charge is 0.265 e. The van der Waals surface area contributed by atoms with Crippen molar-refractivity contribution >= 4 is 17.2 Å². The monoisotopic (exact) mass is 315 g/mol. The van der Waals surface area contributed by atoms with Crippen LogP contribution in [0.25, 0.3) is 0 Å². The lowest BCUT2D eigenvalue weighted by molar-refractivity contribution is 0.0775. The Labute approximate surface area is 131 Å². The number of nitrogens with zero attached hydrogens (tertiary/aromatic N) is 5. The lowest BCUT2D eigenvalue weighted by atomic mass is 10.3. The highest BCUT2D eigenvalue weighted by Crippen LogP contribution is 2.22. The van der Waals surface area contributed by atoms with Gasteiger partial charge in [-0.25, -0.2) is 15.0 Å². The fourth-order valence-corrected chi connectivity index (χ4v) is 3.08. The van der Waals surface area contributed by atoms with Gasteiger partial charge in [0.25, 0.3) is 11.8 Å². The van der Waals surface area contributed by atoms with Crippen LogP contribution in [0.15, 0.2) is 17.9 Å². The van der Waals surface area contributed by atoms with Crippen molar-refractivity contribution in [2.75, 3.05) is 13.1 Å². The number of nitriles is 1. The van der Waals surface area contributed by atoms with Crippen molar-refractivity contribution in [2.45, 2.75) is 19.4 Å². The van der Waals surface area contributed by atoms with E-state index in [0.29, 0.717) is 24.4 Å². The van der Waals surface area contributed by atoms with E-state index in [0.717, 1.165) is 5.69 Å². The van der Waals surface area contributed by atoms with E-state index in [1.54, 1.807) is 10.4 Å². The van der Waals surface area contributed by atoms with E-state index < -0.39 is 0 Å². The predicted molar refractivity (Wildman–Crippen MR) is 78.5 cm³/mol. The molecular weight excluding hydrogens is 302 g/mol. The molecule has 2 aromatic rings. The average Bonchev–Trinajstić information content (AvgIpc) is 3.16. The van der Waals surface area contributed by atoms with Crippen molar-refractivity contribution in [1.29, 1.82) is 5.26 Å². The normalized spacial score (nSPS) is 17.3. The molecule has 0 aliphatic carbocycles. The fourth-order valence-electron chi connectivity index (χ4n) is 2.31. The zero-order valence-corrected chi connectivity index (χ0v) is 12.7. The molecule has 0 saturated carbocycles. The zero-order valence-electron chi connectivity index (χ0n) is 11.9. The van der Waals surface area contributed by atoms with Crippen LogP contribution in [0, 0.1) is 18.3 Å². The molecule has 1 aliphatic heterocycles. The Hall–Kier alpha value is -2.53. The molecule has 1 saturated heterocycles. The maximum atomic E-state index is 12.4. The standard InChI is InChI=1S/C14H13N5O2S/c1-9-12(22-8-18-9)14(20)19-5-2-10(7-19)21-13-11(6-15)16-3-4-17-13/h3-4,8,10H,2,5,7H2,1H3/t10-/m1/s1. The molecule has 0 aromatic carbocycles. The van der Waals surface area contributed by atoms with Gasteiger partial charge in [-0.2, -0.15) is 5.26 Å². The highest BCUT2D eigenvalue weighted by atomic mass is 32.1. The first kappa shape index (κ1) is 14.4. The number of carbonyl (C=O) groups is 1. The van der Waals surface area contributed by atoms with Crippen molar-refractivity contribution in [2.24, 2.45) is 0 Å². The maximum absolute atomic E-state index is 12.4. The minimum absolute atomic E-state index is 0.0225. The Balaban J connectivity index is 1.67. The van der Waals surface area contributed by atoms with Crippen molar-refractivity contribution in [3.8, 4) is 11.9 Å². The molecule has 22 heavy (non-hydrogen) atoms. The van der Waals surface area contributed by atoms with Gasteiger partial charge in [-0.15, -0.1) is 11.3 Å². The first-order valence-corrected chi connectivity index (χ1v) is 7.64. The molecule has 1 amide bonds. The van der Waals surface area contributed by atoms with Crippen LogP contribution in [-0.4, -0.2) is 45.0 Å². The van der Waals surface area contributed by atoms with Crippen LogP contribution < -0.4 is 4.74 Å². The van der Waals surface area contributed by atoms with Crippen LogP contribution in [-0.2, 0) is 0 Å². The quantitative estimate of drug-likeness (QED) is 0.850. The Morgan fingerprint density at radius 1 is 1.45 bits per heavy atom. The Bertz CT molecular complexity index is 739. The third kappa shape index (κ3) is 2.76. The fraction of sp³-hybridized carbons (Fsp3) is 0.357. The third-order valence-corrected chi connectivity index (χ3v) is 4.34. The number of ether oxygens (including phenoxy) is 1. The second-order valence-corrected chi connectivity index (χ2v) is 5.72. The lowest BCUT2D eigenvalue weighted by Crippen LogP contribution is -2.31. The molecule has 1 aliphatic rings. The van der Waals surface area contributed by atoms with E-state index >= 15 is 0 Å². The molecule has 8 heteroatoms. The average molecular weight is 315 g/mol. The van der Waals surface area contributed by atoms with Gasteiger partial charge in [-0.05, 0) is 6.92 Å². The summed E-state index contributed by atoms with van der Waals surface area (Å²) < 4.78 is 5.72. The van der Waals surface area contributed by atoms with Gasteiger partial charge in [0.1, 0.15) is 17.1 Å². The summed E-state index contributed by atoms with van der Waals surface area (Å²) in [7, 11) is 0. The van der Waals surface area contributed by atoms with Gasteiger partial charge in [0.05, 0.1) is 17.7 Å². The van der Waals surface area contributed by atoms with Gasteiger partial charge >= 0.3 is 0 Å². The van der Waals surface area contributed by atoms with E-state index in [4.69, 9.17) is 10.00 Å². The lowest BCUT2D eigenvalue weighted by Gasteiger charge is -2.16. The summed E-state index contributed by atoms with van der Waals surface area (Å²) in [6.45, 7) is 2.91. The maximum Gasteiger partial charge on any atom is 0.265 e. The first-order chi connectivity index (χ1) is 10.7. The third-order valence-electron chi connectivity index (χ3n) is 3.42. The number of thiazole rings is 1. The summed E-state index contributed by atoms with van der Waals surface area (Å²) in [4.78, 5) is 26.9. The van der Waals surface area contributed by atoms with E-state index in [9.17, 15) is 4.79 Å². The van der Waals surface area contributed by atoms with Gasteiger partial charge in [-0.3, -0.25) is 4.79 Å². The predicted octanol–water partition coefficient (Wildman–Crippen LogP) is 1.41. The summed E-state index contributed by atoms with van der Waals surface area (Å²) in [5.41, 5.74) is 2.58. The second kappa shape index (κ2) is 6.07. The largest absolute Gasteiger partial charge is 0.470 e. The Kier molecular flexibility index (Phi) is 3.98. The number of aromatic nitrogens is 3. The van der Waals surface area contributed by atoms with Crippen molar-refractivity contribution in [1.82, 2.24) is 19.9 Å². The van der Waals surface area contributed by atoms with E-state index in [1.165, 1.54) is 23.7 Å². The SMILES string of the molecule is Cc1ncsc1C(=O)N1CC[C@@H](Oc2nccnc2C#N)C1. The summed E-state index contributed by atoms with van der Waals surface area (Å²) in [6, 6.07) is 1.95. The molecule has 3 rings (SSSR count). The van der Waals surface area contributed by atoms with E-state index in [1.807, 2.05) is 13.0 Å². The molecule has 0 N–H and O–H groups in total. The molecule has 2 aromatic heterocycles. The van der Waals surface area contributed by atoms with Crippen LogP contribution in [0.3, 0.4) is 0 Å². The zero-order chi connectivity index (χ0) is 15.5. The minimum Gasteiger partial charge on any atom is -0.470 e.